The van der Waals surface area contributed by atoms with Gasteiger partial charge in [-0.1, -0.05) is 0 Å². The molecule has 0 radical (unpaired) electrons. The van der Waals surface area contributed by atoms with Crippen LogP contribution in [0.1, 0.15) is 0 Å². The van der Waals surface area contributed by atoms with Crippen LogP contribution in [-0.4, -0.2) is 24.9 Å². The molecule has 2 rings (SSSR count). The molecule has 0 unspecified atom stereocenters. The maximum absolute atomic E-state index is 4.83. The van der Waals surface area contributed by atoms with Crippen molar-refractivity contribution in [3.63, 3.8) is 0 Å². The van der Waals surface area contributed by atoms with Gasteiger partial charge in [0.05, 0.1) is 18.8 Å². The van der Waals surface area contributed by atoms with Crippen LogP contribution in [0.15, 0.2) is 17.1 Å². The number of nitrogens with one attached hydrogen (secondary N) is 1. The van der Waals surface area contributed by atoms with Crippen LogP contribution in [0.2, 0.25) is 0 Å². The van der Waals surface area contributed by atoms with E-state index in [0.29, 0.717) is 0 Å². The van der Waals surface area contributed by atoms with Crippen LogP contribution in [0.4, 0.5) is 0 Å². The molecule has 4 heteroatoms. The van der Waals surface area contributed by atoms with Gasteiger partial charge in [0.25, 0.3) is 0 Å². The highest BCUT2D eigenvalue weighted by molar-refractivity contribution is 7.07. The van der Waals surface area contributed by atoms with Crippen molar-refractivity contribution in [1.29, 1.82) is 0 Å². The average Bonchev–Trinajstić information content (AvgIpc) is 2.67. The molecule has 0 spiro atoms. The largest absolute Gasteiger partial charge is 0.365 e. The van der Waals surface area contributed by atoms with Gasteiger partial charge in [-0.3, -0.25) is 10.3 Å². The van der Waals surface area contributed by atoms with E-state index in [-0.39, 0.29) is 0 Å². The van der Waals surface area contributed by atoms with E-state index in [2.05, 4.69) is 10.3 Å². The van der Waals surface area contributed by atoms with Crippen molar-refractivity contribution >= 4 is 11.3 Å². The Kier molecular flexibility index (Phi) is 4.09. The predicted octanol–water partition coefficient (Wildman–Crippen LogP) is 0.707. The summed E-state index contributed by atoms with van der Waals surface area (Å²) in [5.74, 6) is 0. The summed E-state index contributed by atoms with van der Waals surface area (Å²) in [6.45, 7) is 2.67. The molecule has 1 aromatic heterocycles. The fourth-order valence-corrected chi connectivity index (χ4v) is 0.888. The van der Waals surface area contributed by atoms with E-state index in [4.69, 9.17) is 4.74 Å². The van der Waals surface area contributed by atoms with Crippen LogP contribution >= 0.6 is 11.3 Å². The molecule has 0 saturated carbocycles. The van der Waals surface area contributed by atoms with E-state index in [9.17, 15) is 0 Å². The van der Waals surface area contributed by atoms with E-state index >= 15 is 0 Å². The topological polar surface area (TPSA) is 34.1 Å². The quantitative estimate of drug-likeness (QED) is 0.603. The summed E-state index contributed by atoms with van der Waals surface area (Å²) in [4.78, 5) is 3.74. The number of aromatic nitrogens is 1. The standard InChI is InChI=1S/C3H7NO.C3H3NS/c2*1-2-5-3-4-1/h4H,1-3H2;1-3H. The van der Waals surface area contributed by atoms with Crippen molar-refractivity contribution in [2.45, 2.75) is 0 Å². The van der Waals surface area contributed by atoms with Gasteiger partial charge in [-0.05, 0) is 0 Å². The summed E-state index contributed by atoms with van der Waals surface area (Å²) >= 11 is 1.60. The maximum atomic E-state index is 4.83. The molecule has 56 valence electrons. The number of thiazole rings is 1. The molecule has 1 aromatic rings. The second-order valence-corrected chi connectivity index (χ2v) is 2.48. The second-order valence-electron chi connectivity index (χ2n) is 1.73. The van der Waals surface area contributed by atoms with Crippen LogP contribution in [0.3, 0.4) is 0 Å². The lowest BCUT2D eigenvalue weighted by Gasteiger charge is -1.76. The first-order chi connectivity index (χ1) is 5.00. The summed E-state index contributed by atoms with van der Waals surface area (Å²) in [6.07, 6.45) is 1.77. The van der Waals surface area contributed by atoms with E-state index in [0.717, 1.165) is 19.9 Å². The predicted molar refractivity (Wildman–Crippen MR) is 40.9 cm³/mol. The number of rotatable bonds is 0. The molecular formula is C6H10N2OS. The Labute approximate surface area is 64.0 Å². The number of hydrogen-bond donors (Lipinski definition) is 1. The molecule has 0 bridgehead atoms. The summed E-state index contributed by atoms with van der Waals surface area (Å²) in [6, 6.07) is 0. The minimum absolute atomic E-state index is 0.750. The van der Waals surface area contributed by atoms with Crippen molar-refractivity contribution in [3.8, 4) is 0 Å². The molecule has 0 amide bonds. The lowest BCUT2D eigenvalue weighted by atomic mass is 10.7. The van der Waals surface area contributed by atoms with Gasteiger partial charge in [-0.15, -0.1) is 11.3 Å². The third kappa shape index (κ3) is 3.55. The highest BCUT2D eigenvalue weighted by Gasteiger charge is 1.92. The van der Waals surface area contributed by atoms with Gasteiger partial charge in [0.2, 0.25) is 0 Å². The van der Waals surface area contributed by atoms with Gasteiger partial charge in [-0.2, -0.15) is 0 Å². The fourth-order valence-electron chi connectivity index (χ4n) is 0.537. The van der Waals surface area contributed by atoms with Crippen molar-refractivity contribution in [2.75, 3.05) is 19.9 Å². The number of nitrogens with zero attached hydrogens (tertiary/aromatic N) is 1. The average molecular weight is 158 g/mol. The summed E-state index contributed by atoms with van der Waals surface area (Å²) in [5.41, 5.74) is 1.79. The van der Waals surface area contributed by atoms with E-state index < -0.39 is 0 Å². The molecule has 10 heavy (non-hydrogen) atoms. The first-order valence-corrected chi connectivity index (χ1v) is 4.05. The molecule has 0 atom stereocenters. The third-order valence-electron chi connectivity index (χ3n) is 0.975. The molecule has 1 aliphatic heterocycles. The Morgan fingerprint density at radius 3 is 2.80 bits per heavy atom. The molecule has 0 aromatic carbocycles. The van der Waals surface area contributed by atoms with Crippen molar-refractivity contribution in [1.82, 2.24) is 10.3 Å². The zero-order valence-corrected chi connectivity index (χ0v) is 6.43. The Morgan fingerprint density at radius 1 is 1.60 bits per heavy atom. The Hall–Kier alpha value is -0.450. The Balaban J connectivity index is 0.0000001000. The highest BCUT2D eigenvalue weighted by atomic mass is 32.1. The van der Waals surface area contributed by atoms with Gasteiger partial charge in [0.15, 0.2) is 0 Å². The molecule has 3 nitrogen and oxygen atoms in total. The molecule has 1 saturated heterocycles. The maximum Gasteiger partial charge on any atom is 0.0966 e. The minimum atomic E-state index is 0.750. The smallest absolute Gasteiger partial charge is 0.0966 e. The first-order valence-electron chi connectivity index (χ1n) is 3.11. The van der Waals surface area contributed by atoms with Crippen LogP contribution < -0.4 is 5.32 Å². The summed E-state index contributed by atoms with van der Waals surface area (Å²) in [5, 5.41) is 4.93. The van der Waals surface area contributed by atoms with Crippen LogP contribution in [0.5, 0.6) is 0 Å². The lowest BCUT2D eigenvalue weighted by Crippen LogP contribution is -2.05. The molecule has 1 N–H and O–H groups in total. The third-order valence-corrected chi connectivity index (χ3v) is 1.50. The number of ether oxygens (including phenoxy) is 1. The lowest BCUT2D eigenvalue weighted by molar-refractivity contribution is 0.194. The van der Waals surface area contributed by atoms with E-state index in [1.807, 2.05) is 5.38 Å². The van der Waals surface area contributed by atoms with Crippen molar-refractivity contribution in [3.05, 3.63) is 17.1 Å². The van der Waals surface area contributed by atoms with Gasteiger partial charge >= 0.3 is 0 Å². The fraction of sp³-hybridized carbons (Fsp3) is 0.500. The zero-order valence-electron chi connectivity index (χ0n) is 5.62. The van der Waals surface area contributed by atoms with Gasteiger partial charge in [0, 0.05) is 18.1 Å². The first kappa shape index (κ1) is 7.65. The molecule has 1 aliphatic rings. The SMILES string of the molecule is C1COCN1.c1cscn1. The summed E-state index contributed by atoms with van der Waals surface area (Å²) in [7, 11) is 0. The van der Waals surface area contributed by atoms with Crippen molar-refractivity contribution in [2.24, 2.45) is 0 Å². The molecule has 1 fully saturated rings. The molecule has 2 heterocycles. The van der Waals surface area contributed by atoms with Crippen LogP contribution in [-0.2, 0) is 4.74 Å². The van der Waals surface area contributed by atoms with Gasteiger partial charge < -0.3 is 4.74 Å². The van der Waals surface area contributed by atoms with Crippen LogP contribution in [0.25, 0.3) is 0 Å². The normalized spacial score (nSPS) is 16.0. The minimum Gasteiger partial charge on any atom is -0.365 e. The molecule has 0 aliphatic carbocycles. The van der Waals surface area contributed by atoms with E-state index in [1.165, 1.54) is 0 Å². The Morgan fingerprint density at radius 2 is 2.60 bits per heavy atom. The monoisotopic (exact) mass is 158 g/mol. The van der Waals surface area contributed by atoms with E-state index in [1.54, 1.807) is 23.0 Å². The summed E-state index contributed by atoms with van der Waals surface area (Å²) < 4.78 is 4.83. The van der Waals surface area contributed by atoms with Gasteiger partial charge in [-0.25, -0.2) is 0 Å². The Bertz CT molecular complexity index is 115. The highest BCUT2D eigenvalue weighted by Crippen LogP contribution is 1.85. The molecular weight excluding hydrogens is 148 g/mol. The van der Waals surface area contributed by atoms with Gasteiger partial charge in [0.1, 0.15) is 0 Å². The number of hydrogen-bond acceptors (Lipinski definition) is 4. The van der Waals surface area contributed by atoms with Crippen LogP contribution in [0, 0.1) is 0 Å². The zero-order chi connectivity index (χ0) is 7.07. The van der Waals surface area contributed by atoms with Crippen molar-refractivity contribution < 1.29 is 4.74 Å². The second kappa shape index (κ2) is 5.34.